The second-order valence-electron chi connectivity index (χ2n) is 2.67. The summed E-state index contributed by atoms with van der Waals surface area (Å²) in [5, 5.41) is 0. The summed E-state index contributed by atoms with van der Waals surface area (Å²) in [6.07, 6.45) is -4.26. The van der Waals surface area contributed by atoms with Gasteiger partial charge in [0.15, 0.2) is 0 Å². The molecule has 0 amide bonds. The first-order valence-electron chi connectivity index (χ1n) is 3.47. The maximum absolute atomic E-state index is 12.2. The van der Waals surface area contributed by atoms with Crippen LogP contribution in [0.3, 0.4) is 0 Å². The lowest BCUT2D eigenvalue weighted by Crippen LogP contribution is -2.07. The van der Waals surface area contributed by atoms with Crippen molar-refractivity contribution in [2.24, 2.45) is 0 Å². The number of benzene rings is 1. The molecule has 0 heterocycles. The molecule has 0 aliphatic heterocycles. The van der Waals surface area contributed by atoms with Crippen molar-refractivity contribution in [3.8, 4) is 0 Å². The summed E-state index contributed by atoms with van der Waals surface area (Å²) >= 11 is 0. The maximum atomic E-state index is 12.2. The third-order valence-corrected chi connectivity index (χ3v) is 1.83. The molecule has 1 aromatic rings. The largest absolute Gasteiger partial charge is 0.416 e. The van der Waals surface area contributed by atoms with Gasteiger partial charge in [-0.1, -0.05) is 6.07 Å². The highest BCUT2D eigenvalue weighted by molar-refractivity contribution is 5.34. The molecule has 0 aliphatic carbocycles. The predicted octanol–water partition coefficient (Wildman–Crippen LogP) is 3.12. The molecular formula is C9H8F3. The van der Waals surface area contributed by atoms with Crippen LogP contribution < -0.4 is 0 Å². The van der Waals surface area contributed by atoms with E-state index >= 15 is 0 Å². The van der Waals surface area contributed by atoms with Gasteiger partial charge in [-0.15, -0.1) is 0 Å². The van der Waals surface area contributed by atoms with Crippen LogP contribution in [-0.4, -0.2) is 0 Å². The van der Waals surface area contributed by atoms with Gasteiger partial charge in [0.1, 0.15) is 0 Å². The van der Waals surface area contributed by atoms with Crippen LogP contribution in [0.4, 0.5) is 13.2 Å². The molecule has 65 valence electrons. The van der Waals surface area contributed by atoms with Gasteiger partial charge in [0.05, 0.1) is 5.56 Å². The molecule has 1 radical (unpaired) electrons. The van der Waals surface area contributed by atoms with Gasteiger partial charge in [0.2, 0.25) is 0 Å². The number of aryl methyl sites for hydroxylation is 1. The lowest BCUT2D eigenvalue weighted by atomic mass is 10.0. The van der Waals surface area contributed by atoms with Crippen molar-refractivity contribution in [2.45, 2.75) is 20.0 Å². The fraction of sp³-hybridized carbons (Fsp3) is 0.333. The van der Waals surface area contributed by atoms with Gasteiger partial charge < -0.3 is 0 Å². The van der Waals surface area contributed by atoms with E-state index in [2.05, 4.69) is 6.07 Å². The SMILES string of the molecule is Cc1c[c]cc(C(F)(F)F)c1C. The predicted molar refractivity (Wildman–Crippen MR) is 39.8 cm³/mol. The Kier molecular flexibility index (Phi) is 2.13. The van der Waals surface area contributed by atoms with Crippen LogP contribution in [-0.2, 0) is 6.18 Å². The number of halogens is 3. The second-order valence-corrected chi connectivity index (χ2v) is 2.67. The zero-order valence-corrected chi connectivity index (χ0v) is 6.79. The van der Waals surface area contributed by atoms with E-state index in [0.717, 1.165) is 6.07 Å². The highest BCUT2D eigenvalue weighted by Crippen LogP contribution is 2.32. The second kappa shape index (κ2) is 2.81. The van der Waals surface area contributed by atoms with Crippen molar-refractivity contribution in [3.05, 3.63) is 34.9 Å². The molecule has 0 unspecified atom stereocenters. The van der Waals surface area contributed by atoms with Gasteiger partial charge in [-0.05, 0) is 37.1 Å². The molecule has 0 bridgehead atoms. The molecule has 0 N–H and O–H groups in total. The Hall–Kier alpha value is -0.990. The number of alkyl halides is 3. The molecule has 0 nitrogen and oxygen atoms in total. The van der Waals surface area contributed by atoms with Crippen LogP contribution in [0.5, 0.6) is 0 Å². The van der Waals surface area contributed by atoms with Crippen molar-refractivity contribution in [1.29, 1.82) is 0 Å². The summed E-state index contributed by atoms with van der Waals surface area (Å²) in [6.45, 7) is 3.10. The average Bonchev–Trinajstić information content (AvgIpc) is 1.92. The number of rotatable bonds is 0. The lowest BCUT2D eigenvalue weighted by molar-refractivity contribution is -0.138. The van der Waals surface area contributed by atoms with Gasteiger partial charge in [-0.2, -0.15) is 13.2 Å². The molecule has 0 fully saturated rings. The Morgan fingerprint density at radius 1 is 1.17 bits per heavy atom. The molecule has 0 saturated carbocycles. The molecule has 0 aliphatic rings. The smallest absolute Gasteiger partial charge is 0.166 e. The first kappa shape index (κ1) is 9.10. The Morgan fingerprint density at radius 3 is 2.17 bits per heavy atom. The van der Waals surface area contributed by atoms with Crippen LogP contribution in [0.25, 0.3) is 0 Å². The lowest BCUT2D eigenvalue weighted by Gasteiger charge is -2.10. The molecule has 0 aromatic heterocycles. The van der Waals surface area contributed by atoms with Crippen LogP contribution in [0.2, 0.25) is 0 Å². The zero-order valence-electron chi connectivity index (χ0n) is 6.79. The van der Waals surface area contributed by atoms with E-state index in [9.17, 15) is 13.2 Å². The van der Waals surface area contributed by atoms with Crippen molar-refractivity contribution in [3.63, 3.8) is 0 Å². The molecule has 12 heavy (non-hydrogen) atoms. The topological polar surface area (TPSA) is 0 Å². The monoisotopic (exact) mass is 173 g/mol. The summed E-state index contributed by atoms with van der Waals surface area (Å²) in [5.41, 5.74) is 0.300. The van der Waals surface area contributed by atoms with Crippen molar-refractivity contribution in [2.75, 3.05) is 0 Å². The van der Waals surface area contributed by atoms with Gasteiger partial charge in [-0.25, -0.2) is 0 Å². The quantitative estimate of drug-likeness (QED) is 0.565. The highest BCUT2D eigenvalue weighted by atomic mass is 19.4. The molecule has 1 rings (SSSR count). The minimum absolute atomic E-state index is 0.279. The van der Waals surface area contributed by atoms with E-state index in [1.54, 1.807) is 13.0 Å². The van der Waals surface area contributed by atoms with E-state index < -0.39 is 11.7 Å². The van der Waals surface area contributed by atoms with E-state index in [0.29, 0.717) is 5.56 Å². The first-order valence-corrected chi connectivity index (χ1v) is 3.47. The fourth-order valence-corrected chi connectivity index (χ4v) is 0.973. The van der Waals surface area contributed by atoms with Gasteiger partial charge in [-0.3, -0.25) is 0 Å². The summed E-state index contributed by atoms with van der Waals surface area (Å²) in [7, 11) is 0. The van der Waals surface area contributed by atoms with Crippen LogP contribution in [0, 0.1) is 19.9 Å². The third-order valence-electron chi connectivity index (χ3n) is 1.83. The van der Waals surface area contributed by atoms with Gasteiger partial charge in [0, 0.05) is 0 Å². The van der Waals surface area contributed by atoms with Crippen molar-refractivity contribution < 1.29 is 13.2 Å². The Labute approximate surface area is 69.0 Å². The number of hydrogen-bond acceptors (Lipinski definition) is 0. The van der Waals surface area contributed by atoms with Crippen molar-refractivity contribution >= 4 is 0 Å². The molecule has 3 heteroatoms. The van der Waals surface area contributed by atoms with Gasteiger partial charge >= 0.3 is 6.18 Å². The zero-order chi connectivity index (χ0) is 9.35. The minimum atomic E-state index is -4.26. The summed E-state index contributed by atoms with van der Waals surface area (Å²) in [4.78, 5) is 0. The van der Waals surface area contributed by atoms with Crippen LogP contribution in [0.1, 0.15) is 16.7 Å². The third kappa shape index (κ3) is 1.60. The average molecular weight is 173 g/mol. The van der Waals surface area contributed by atoms with Crippen LogP contribution >= 0.6 is 0 Å². The van der Waals surface area contributed by atoms with E-state index in [-0.39, 0.29) is 5.56 Å². The number of hydrogen-bond donors (Lipinski definition) is 0. The van der Waals surface area contributed by atoms with E-state index in [1.807, 2.05) is 0 Å². The van der Waals surface area contributed by atoms with E-state index in [4.69, 9.17) is 0 Å². The van der Waals surface area contributed by atoms with Crippen molar-refractivity contribution in [1.82, 2.24) is 0 Å². The highest BCUT2D eigenvalue weighted by Gasteiger charge is 2.32. The summed E-state index contributed by atoms with van der Waals surface area (Å²) in [5.74, 6) is 0. The van der Waals surface area contributed by atoms with Crippen LogP contribution in [0.15, 0.2) is 12.1 Å². The molecular weight excluding hydrogens is 165 g/mol. The first-order chi connectivity index (χ1) is 5.43. The van der Waals surface area contributed by atoms with Gasteiger partial charge in [0.25, 0.3) is 0 Å². The summed E-state index contributed by atoms with van der Waals surface area (Å²) in [6, 6.07) is 4.98. The molecule has 0 atom stereocenters. The Bertz CT molecular complexity index is 286. The summed E-state index contributed by atoms with van der Waals surface area (Å²) < 4.78 is 36.6. The maximum Gasteiger partial charge on any atom is 0.416 e. The molecule has 0 saturated heterocycles. The Morgan fingerprint density at radius 2 is 1.75 bits per heavy atom. The molecule has 1 aromatic carbocycles. The van der Waals surface area contributed by atoms with E-state index in [1.165, 1.54) is 6.92 Å². The molecule has 0 spiro atoms. The normalized spacial score (nSPS) is 11.8. The fourth-order valence-electron chi connectivity index (χ4n) is 0.973. The standard InChI is InChI=1S/C9H8F3/c1-6-4-3-5-8(7(6)2)9(10,11)12/h4-5H,1-2H3. The minimum Gasteiger partial charge on any atom is -0.166 e. The Balaban J connectivity index is 3.26.